The third kappa shape index (κ3) is 5.26. The number of benzene rings is 1. The first-order chi connectivity index (χ1) is 10.3. The lowest BCUT2D eigenvalue weighted by molar-refractivity contribution is 0.0714. The molecule has 0 saturated heterocycles. The van der Waals surface area contributed by atoms with Crippen LogP contribution in [0.25, 0.3) is 0 Å². The van der Waals surface area contributed by atoms with Gasteiger partial charge in [0.2, 0.25) is 5.89 Å². The van der Waals surface area contributed by atoms with Crippen molar-refractivity contribution < 1.29 is 19.1 Å². The maximum absolute atomic E-state index is 10.1. The maximum Gasteiger partial charge on any atom is 0.229 e. The molecule has 0 aliphatic carbocycles. The van der Waals surface area contributed by atoms with Crippen molar-refractivity contribution in [2.24, 2.45) is 0 Å². The third-order valence-electron chi connectivity index (χ3n) is 2.96. The van der Waals surface area contributed by atoms with E-state index in [1.165, 1.54) is 0 Å². The Balaban J connectivity index is 1.77. The van der Waals surface area contributed by atoms with Crippen LogP contribution in [0.2, 0.25) is 0 Å². The Morgan fingerprint density at radius 2 is 2.00 bits per heavy atom. The van der Waals surface area contributed by atoms with E-state index < -0.39 is 6.10 Å². The second-order valence-electron chi connectivity index (χ2n) is 4.59. The molecule has 1 N–H and O–H groups in total. The lowest BCUT2D eigenvalue weighted by Crippen LogP contribution is -2.06. The van der Waals surface area contributed by atoms with E-state index in [9.17, 15) is 5.11 Å². The number of aliphatic hydroxyl groups excluding tert-OH is 1. The number of aliphatic hydroxyl groups is 1. The molecule has 21 heavy (non-hydrogen) atoms. The molecule has 0 radical (unpaired) electrons. The Hall–Kier alpha value is -1.76. The summed E-state index contributed by atoms with van der Waals surface area (Å²) in [6.07, 6.45) is 0.244. The molecule has 0 bridgehead atoms. The average Bonchev–Trinajstić information content (AvgIpc) is 2.95. The monoisotopic (exact) mass is 292 g/mol. The van der Waals surface area contributed by atoms with Crippen LogP contribution in [0.3, 0.4) is 0 Å². The van der Waals surface area contributed by atoms with Gasteiger partial charge in [-0.1, -0.05) is 35.5 Å². The van der Waals surface area contributed by atoms with E-state index in [2.05, 4.69) is 10.1 Å². The van der Waals surface area contributed by atoms with Crippen LogP contribution in [0.1, 0.15) is 23.4 Å². The number of rotatable bonds is 9. The zero-order valence-electron chi connectivity index (χ0n) is 12.1. The van der Waals surface area contributed by atoms with Crippen molar-refractivity contribution in [1.82, 2.24) is 10.1 Å². The molecule has 0 fully saturated rings. The molecule has 0 amide bonds. The van der Waals surface area contributed by atoms with Crippen LogP contribution in [-0.4, -0.2) is 42.2 Å². The molecule has 1 aromatic heterocycles. The minimum Gasteiger partial charge on any atom is -0.388 e. The van der Waals surface area contributed by atoms with E-state index in [1.54, 1.807) is 7.11 Å². The van der Waals surface area contributed by atoms with Crippen LogP contribution >= 0.6 is 0 Å². The zero-order valence-corrected chi connectivity index (χ0v) is 12.1. The zero-order chi connectivity index (χ0) is 14.9. The SMILES string of the molecule is COCCOCCc1noc(CC(O)c2ccccc2)n1. The van der Waals surface area contributed by atoms with Gasteiger partial charge in [0.15, 0.2) is 5.82 Å². The van der Waals surface area contributed by atoms with Gasteiger partial charge in [-0.3, -0.25) is 0 Å². The van der Waals surface area contributed by atoms with Crippen molar-refractivity contribution >= 4 is 0 Å². The summed E-state index contributed by atoms with van der Waals surface area (Å²) in [6, 6.07) is 9.41. The Kier molecular flexibility index (Phi) is 6.33. The molecule has 1 unspecified atom stereocenters. The molecule has 1 aromatic carbocycles. The van der Waals surface area contributed by atoms with Gasteiger partial charge in [-0.25, -0.2) is 0 Å². The number of hydrogen-bond acceptors (Lipinski definition) is 6. The topological polar surface area (TPSA) is 77.6 Å². The summed E-state index contributed by atoms with van der Waals surface area (Å²) in [7, 11) is 1.63. The summed E-state index contributed by atoms with van der Waals surface area (Å²) >= 11 is 0. The predicted octanol–water partition coefficient (Wildman–Crippen LogP) is 1.55. The first-order valence-corrected chi connectivity index (χ1v) is 6.90. The number of methoxy groups -OCH3 is 1. The molecule has 2 aromatic rings. The van der Waals surface area contributed by atoms with Crippen molar-refractivity contribution in [3.63, 3.8) is 0 Å². The number of hydrogen-bond donors (Lipinski definition) is 1. The highest BCUT2D eigenvalue weighted by Crippen LogP contribution is 2.16. The summed E-state index contributed by atoms with van der Waals surface area (Å²) in [6.45, 7) is 1.64. The average molecular weight is 292 g/mol. The second kappa shape index (κ2) is 8.51. The first-order valence-electron chi connectivity index (χ1n) is 6.90. The number of ether oxygens (including phenoxy) is 2. The summed E-state index contributed by atoms with van der Waals surface area (Å²) in [5, 5.41) is 14.0. The molecule has 0 aliphatic heterocycles. The minimum absolute atomic E-state index is 0.307. The first kappa shape index (κ1) is 15.6. The summed E-state index contributed by atoms with van der Waals surface area (Å²) < 4.78 is 15.4. The Morgan fingerprint density at radius 3 is 2.76 bits per heavy atom. The molecule has 0 spiro atoms. The van der Waals surface area contributed by atoms with Gasteiger partial charge in [0.1, 0.15) is 0 Å². The van der Waals surface area contributed by atoms with E-state index in [-0.39, 0.29) is 0 Å². The van der Waals surface area contributed by atoms with Crippen LogP contribution < -0.4 is 0 Å². The summed E-state index contributed by atoms with van der Waals surface area (Å²) in [5.74, 6) is 1.01. The van der Waals surface area contributed by atoms with Gasteiger partial charge in [-0.15, -0.1) is 0 Å². The minimum atomic E-state index is -0.641. The highest BCUT2D eigenvalue weighted by atomic mass is 16.5. The molecule has 0 saturated carbocycles. The van der Waals surface area contributed by atoms with E-state index in [1.807, 2.05) is 30.3 Å². The number of nitrogens with zero attached hydrogens (tertiary/aromatic N) is 2. The lowest BCUT2D eigenvalue weighted by atomic mass is 10.1. The van der Waals surface area contributed by atoms with Crippen LogP contribution in [0, 0.1) is 0 Å². The van der Waals surface area contributed by atoms with Crippen LogP contribution in [0.5, 0.6) is 0 Å². The second-order valence-corrected chi connectivity index (χ2v) is 4.59. The molecule has 6 nitrogen and oxygen atoms in total. The predicted molar refractivity (Wildman–Crippen MR) is 75.8 cm³/mol. The van der Waals surface area contributed by atoms with E-state index in [4.69, 9.17) is 14.0 Å². The lowest BCUT2D eigenvalue weighted by Gasteiger charge is -2.07. The fraction of sp³-hybridized carbons (Fsp3) is 0.467. The van der Waals surface area contributed by atoms with Gasteiger partial charge >= 0.3 is 0 Å². The van der Waals surface area contributed by atoms with Gasteiger partial charge in [-0.2, -0.15) is 4.98 Å². The van der Waals surface area contributed by atoms with Crippen LogP contribution in [-0.2, 0) is 22.3 Å². The quantitative estimate of drug-likeness (QED) is 0.707. The molecular weight excluding hydrogens is 272 g/mol. The van der Waals surface area contributed by atoms with Crippen molar-refractivity contribution in [1.29, 1.82) is 0 Å². The fourth-order valence-corrected chi connectivity index (χ4v) is 1.84. The smallest absolute Gasteiger partial charge is 0.229 e. The van der Waals surface area contributed by atoms with Gasteiger partial charge in [0.05, 0.1) is 32.3 Å². The summed E-state index contributed by atoms with van der Waals surface area (Å²) in [4.78, 5) is 4.24. The molecule has 114 valence electrons. The molecule has 0 aliphatic rings. The highest BCUT2D eigenvalue weighted by Gasteiger charge is 2.13. The van der Waals surface area contributed by atoms with E-state index in [0.717, 1.165) is 5.56 Å². The molecule has 2 rings (SSSR count). The normalized spacial score (nSPS) is 12.5. The van der Waals surface area contributed by atoms with Crippen molar-refractivity contribution in [3.8, 4) is 0 Å². The van der Waals surface area contributed by atoms with Crippen molar-refractivity contribution in [3.05, 3.63) is 47.6 Å². The largest absolute Gasteiger partial charge is 0.388 e. The van der Waals surface area contributed by atoms with Gasteiger partial charge in [0.25, 0.3) is 0 Å². The van der Waals surface area contributed by atoms with Crippen LogP contribution in [0.15, 0.2) is 34.9 Å². The molecule has 1 atom stereocenters. The Labute approximate surface area is 123 Å². The van der Waals surface area contributed by atoms with Gasteiger partial charge in [-0.05, 0) is 5.56 Å². The highest BCUT2D eigenvalue weighted by molar-refractivity contribution is 5.18. The van der Waals surface area contributed by atoms with Gasteiger partial charge in [0, 0.05) is 13.5 Å². The standard InChI is InChI=1S/C15H20N2O4/c1-19-9-10-20-8-7-14-16-15(21-17-14)11-13(18)12-5-3-2-4-6-12/h2-6,13,18H,7-11H2,1H3. The molecule has 6 heteroatoms. The van der Waals surface area contributed by atoms with Crippen molar-refractivity contribution in [2.75, 3.05) is 26.9 Å². The summed E-state index contributed by atoms with van der Waals surface area (Å²) in [5.41, 5.74) is 0.833. The molecular formula is C15H20N2O4. The maximum atomic E-state index is 10.1. The molecule has 1 heterocycles. The van der Waals surface area contributed by atoms with Crippen molar-refractivity contribution in [2.45, 2.75) is 18.9 Å². The van der Waals surface area contributed by atoms with E-state index in [0.29, 0.717) is 44.4 Å². The third-order valence-corrected chi connectivity index (χ3v) is 2.96. The number of aromatic nitrogens is 2. The van der Waals surface area contributed by atoms with Gasteiger partial charge < -0.3 is 19.1 Å². The van der Waals surface area contributed by atoms with Crippen LogP contribution in [0.4, 0.5) is 0 Å². The Bertz CT molecular complexity index is 515. The fourth-order valence-electron chi connectivity index (χ4n) is 1.84. The van der Waals surface area contributed by atoms with E-state index >= 15 is 0 Å². The Morgan fingerprint density at radius 1 is 1.19 bits per heavy atom.